The average molecular weight is 264 g/mol. The van der Waals surface area contributed by atoms with Crippen molar-refractivity contribution in [2.24, 2.45) is 0 Å². The molecule has 0 spiro atoms. The summed E-state index contributed by atoms with van der Waals surface area (Å²) in [6, 6.07) is 7.80. The van der Waals surface area contributed by atoms with E-state index in [-0.39, 0.29) is 0 Å². The van der Waals surface area contributed by atoms with Crippen LogP contribution in [0.4, 0.5) is 0 Å². The van der Waals surface area contributed by atoms with Crippen LogP contribution in [0.15, 0.2) is 24.3 Å². The molecule has 1 aliphatic heterocycles. The smallest absolute Gasteiger partial charge is 0.119 e. The molecule has 106 valence electrons. The van der Waals surface area contributed by atoms with Gasteiger partial charge in [0.1, 0.15) is 11.5 Å². The Hall–Kier alpha value is -1.22. The molecular formula is C16H26NO2+. The van der Waals surface area contributed by atoms with Crippen LogP contribution in [0.3, 0.4) is 0 Å². The fourth-order valence-electron chi connectivity index (χ4n) is 2.64. The Bertz CT molecular complexity index is 344. The number of methoxy groups -OCH3 is 1. The summed E-state index contributed by atoms with van der Waals surface area (Å²) in [6.07, 6.45) is 6.62. The van der Waals surface area contributed by atoms with Crippen LogP contribution >= 0.6 is 0 Å². The zero-order chi connectivity index (χ0) is 13.3. The van der Waals surface area contributed by atoms with Gasteiger partial charge in [-0.1, -0.05) is 0 Å². The number of rotatable bonds is 8. The Morgan fingerprint density at radius 1 is 0.947 bits per heavy atom. The number of hydrogen-bond acceptors (Lipinski definition) is 2. The second-order valence-electron chi connectivity index (χ2n) is 5.29. The molecule has 3 heteroatoms. The van der Waals surface area contributed by atoms with E-state index in [9.17, 15) is 0 Å². The molecular weight excluding hydrogens is 238 g/mol. The van der Waals surface area contributed by atoms with Gasteiger partial charge in [0.2, 0.25) is 0 Å². The van der Waals surface area contributed by atoms with E-state index in [0.717, 1.165) is 24.5 Å². The van der Waals surface area contributed by atoms with Crippen LogP contribution in [0.25, 0.3) is 0 Å². The Kier molecular flexibility index (Phi) is 6.02. The zero-order valence-corrected chi connectivity index (χ0v) is 12.0. The van der Waals surface area contributed by atoms with Gasteiger partial charge < -0.3 is 14.4 Å². The van der Waals surface area contributed by atoms with Gasteiger partial charge in [-0.15, -0.1) is 0 Å². The molecule has 2 rings (SSSR count). The molecule has 0 aromatic heterocycles. The van der Waals surface area contributed by atoms with Crippen molar-refractivity contribution in [2.45, 2.75) is 32.1 Å². The summed E-state index contributed by atoms with van der Waals surface area (Å²) in [5.74, 6) is 1.81. The van der Waals surface area contributed by atoms with Gasteiger partial charge in [0, 0.05) is 12.8 Å². The van der Waals surface area contributed by atoms with Crippen LogP contribution < -0.4 is 14.4 Å². The molecule has 0 bridgehead atoms. The Morgan fingerprint density at radius 3 is 2.32 bits per heavy atom. The van der Waals surface area contributed by atoms with E-state index in [1.165, 1.54) is 45.3 Å². The summed E-state index contributed by atoms with van der Waals surface area (Å²) in [5, 5.41) is 0. The normalized spacial score (nSPS) is 15.6. The first-order chi connectivity index (χ1) is 9.38. The minimum Gasteiger partial charge on any atom is -0.497 e. The molecule has 1 aliphatic rings. The predicted molar refractivity (Wildman–Crippen MR) is 77.1 cm³/mol. The van der Waals surface area contributed by atoms with Crippen molar-refractivity contribution in [3.8, 4) is 11.5 Å². The highest BCUT2D eigenvalue weighted by atomic mass is 16.5. The standard InChI is InChI=1S/C16H25NO2/c1-18-15-7-9-16(10-8-15)19-14-6-2-3-11-17-12-4-5-13-17/h7-10H,2-6,11-14H2,1H3/p+1. The molecule has 1 aromatic carbocycles. The number of benzene rings is 1. The van der Waals surface area contributed by atoms with Crippen LogP contribution in [0.1, 0.15) is 32.1 Å². The number of likely N-dealkylation sites (tertiary alicyclic amines) is 1. The van der Waals surface area contributed by atoms with Crippen LogP contribution in [0.2, 0.25) is 0 Å². The lowest BCUT2D eigenvalue weighted by atomic mass is 10.2. The Morgan fingerprint density at radius 2 is 1.63 bits per heavy atom. The first kappa shape index (κ1) is 14.2. The van der Waals surface area contributed by atoms with E-state index < -0.39 is 0 Å². The minimum atomic E-state index is 0.821. The third kappa shape index (κ3) is 5.11. The summed E-state index contributed by atoms with van der Waals surface area (Å²) in [7, 11) is 1.68. The van der Waals surface area contributed by atoms with E-state index >= 15 is 0 Å². The third-order valence-electron chi connectivity index (χ3n) is 3.81. The average Bonchev–Trinajstić information content (AvgIpc) is 2.96. The van der Waals surface area contributed by atoms with E-state index in [4.69, 9.17) is 9.47 Å². The van der Waals surface area contributed by atoms with Crippen molar-refractivity contribution in [3.05, 3.63) is 24.3 Å². The van der Waals surface area contributed by atoms with Crippen molar-refractivity contribution >= 4 is 0 Å². The lowest BCUT2D eigenvalue weighted by Gasteiger charge is -2.11. The SMILES string of the molecule is COc1ccc(OCCCCC[NH+]2CCCC2)cc1. The summed E-state index contributed by atoms with van der Waals surface area (Å²) < 4.78 is 10.8. The number of nitrogens with one attached hydrogen (secondary N) is 1. The fraction of sp³-hybridized carbons (Fsp3) is 0.625. The molecule has 1 fully saturated rings. The number of ether oxygens (including phenoxy) is 2. The van der Waals surface area contributed by atoms with Gasteiger partial charge in [-0.3, -0.25) is 0 Å². The highest BCUT2D eigenvalue weighted by Crippen LogP contribution is 2.17. The van der Waals surface area contributed by atoms with E-state index in [1.54, 1.807) is 12.0 Å². The summed E-state index contributed by atoms with van der Waals surface area (Å²) >= 11 is 0. The lowest BCUT2D eigenvalue weighted by molar-refractivity contribution is -0.887. The van der Waals surface area contributed by atoms with Crippen molar-refractivity contribution in [1.29, 1.82) is 0 Å². The molecule has 0 amide bonds. The van der Waals surface area contributed by atoms with Crippen LogP contribution in [0, 0.1) is 0 Å². The van der Waals surface area contributed by atoms with Gasteiger partial charge in [-0.2, -0.15) is 0 Å². The van der Waals surface area contributed by atoms with Crippen LogP contribution in [-0.4, -0.2) is 33.4 Å². The third-order valence-corrected chi connectivity index (χ3v) is 3.81. The maximum absolute atomic E-state index is 5.72. The quantitative estimate of drug-likeness (QED) is 0.725. The lowest BCUT2D eigenvalue weighted by Crippen LogP contribution is -3.09. The molecule has 0 atom stereocenters. The molecule has 0 unspecified atom stereocenters. The van der Waals surface area contributed by atoms with Crippen LogP contribution in [-0.2, 0) is 0 Å². The van der Waals surface area contributed by atoms with Crippen molar-refractivity contribution in [2.75, 3.05) is 33.4 Å². The highest BCUT2D eigenvalue weighted by Gasteiger charge is 2.13. The molecule has 19 heavy (non-hydrogen) atoms. The van der Waals surface area contributed by atoms with Crippen LogP contribution in [0.5, 0.6) is 11.5 Å². The van der Waals surface area contributed by atoms with Crippen molar-refractivity contribution in [1.82, 2.24) is 0 Å². The summed E-state index contributed by atoms with van der Waals surface area (Å²) in [4.78, 5) is 1.80. The molecule has 0 saturated carbocycles. The number of quaternary nitrogens is 1. The second kappa shape index (κ2) is 8.05. The van der Waals surface area contributed by atoms with E-state index in [1.807, 2.05) is 24.3 Å². The fourth-order valence-corrected chi connectivity index (χ4v) is 2.64. The summed E-state index contributed by atoms with van der Waals surface area (Å²) in [5.41, 5.74) is 0. The minimum absolute atomic E-state index is 0.821. The van der Waals surface area contributed by atoms with Gasteiger partial charge in [0.25, 0.3) is 0 Å². The van der Waals surface area contributed by atoms with Crippen molar-refractivity contribution in [3.63, 3.8) is 0 Å². The Balaban J connectivity index is 1.51. The van der Waals surface area contributed by atoms with E-state index in [0.29, 0.717) is 0 Å². The highest BCUT2D eigenvalue weighted by molar-refractivity contribution is 5.31. The molecule has 3 nitrogen and oxygen atoms in total. The maximum Gasteiger partial charge on any atom is 0.119 e. The molecule has 0 aliphatic carbocycles. The van der Waals surface area contributed by atoms with Gasteiger partial charge in [-0.25, -0.2) is 0 Å². The topological polar surface area (TPSA) is 22.9 Å². The molecule has 0 radical (unpaired) electrons. The molecule has 1 saturated heterocycles. The van der Waals surface area contributed by atoms with E-state index in [2.05, 4.69) is 0 Å². The predicted octanol–water partition coefficient (Wildman–Crippen LogP) is 1.92. The summed E-state index contributed by atoms with van der Waals surface area (Å²) in [6.45, 7) is 4.95. The van der Waals surface area contributed by atoms with Gasteiger partial charge in [0.05, 0.1) is 33.4 Å². The van der Waals surface area contributed by atoms with Gasteiger partial charge in [0.15, 0.2) is 0 Å². The van der Waals surface area contributed by atoms with Gasteiger partial charge in [-0.05, 0) is 43.5 Å². The maximum atomic E-state index is 5.72. The second-order valence-corrected chi connectivity index (χ2v) is 5.29. The number of hydrogen-bond donors (Lipinski definition) is 1. The first-order valence-corrected chi connectivity index (χ1v) is 7.49. The number of unbranched alkanes of at least 4 members (excludes halogenated alkanes) is 2. The van der Waals surface area contributed by atoms with Crippen molar-refractivity contribution < 1.29 is 14.4 Å². The monoisotopic (exact) mass is 264 g/mol. The molecule has 1 aromatic rings. The largest absolute Gasteiger partial charge is 0.497 e. The first-order valence-electron chi connectivity index (χ1n) is 7.49. The molecule has 1 heterocycles. The zero-order valence-electron chi connectivity index (χ0n) is 12.0. The van der Waals surface area contributed by atoms with Gasteiger partial charge >= 0.3 is 0 Å². The molecule has 1 N–H and O–H groups in total. The Labute approximate surface area is 116 Å².